The highest BCUT2D eigenvalue weighted by atomic mass is 28.4. The molecule has 3 saturated carbocycles. The minimum Gasteiger partial charge on any atom is -0.412 e. The maximum absolute atomic E-state index is 7.14. The maximum atomic E-state index is 7.14. The van der Waals surface area contributed by atoms with Gasteiger partial charge in [-0.3, -0.25) is 0 Å². The fourth-order valence-electron chi connectivity index (χ4n) is 10.5. The molecule has 5 rings (SSSR count). The third-order valence-electron chi connectivity index (χ3n) is 14.2. The predicted molar refractivity (Wildman–Crippen MR) is 194 cm³/mol. The first-order valence-corrected chi connectivity index (χ1v) is 25.1. The van der Waals surface area contributed by atoms with Crippen LogP contribution in [-0.4, -0.2) is 52.3 Å². The van der Waals surface area contributed by atoms with Crippen molar-refractivity contribution < 1.29 is 18.3 Å². The van der Waals surface area contributed by atoms with Gasteiger partial charge in [0.2, 0.25) is 0 Å². The van der Waals surface area contributed by atoms with E-state index in [4.69, 9.17) is 18.3 Å². The van der Waals surface area contributed by atoms with Crippen LogP contribution in [0.3, 0.4) is 0 Å². The summed E-state index contributed by atoms with van der Waals surface area (Å²) in [5, 5.41) is 0.203. The second-order valence-electron chi connectivity index (χ2n) is 20.6. The van der Waals surface area contributed by atoms with Crippen molar-refractivity contribution in [2.24, 2.45) is 22.2 Å². The molecule has 4 nitrogen and oxygen atoms in total. The third-order valence-corrected chi connectivity index (χ3v) is 19.7. The van der Waals surface area contributed by atoms with Gasteiger partial charge < -0.3 is 18.3 Å². The molecule has 0 aromatic carbocycles. The molecule has 260 valence electrons. The van der Waals surface area contributed by atoms with Crippen LogP contribution < -0.4 is 0 Å². The Labute approximate surface area is 280 Å². The van der Waals surface area contributed by atoms with Crippen LogP contribution in [0.2, 0.25) is 37.8 Å². The molecule has 2 aliphatic heterocycles. The van der Waals surface area contributed by atoms with Gasteiger partial charge in [-0.15, -0.1) is 0 Å². The third kappa shape index (κ3) is 6.66. The molecule has 5 aliphatic rings. The fourth-order valence-corrected chi connectivity index (χ4v) is 13.2. The summed E-state index contributed by atoms with van der Waals surface area (Å²) >= 11 is 0. The summed E-state index contributed by atoms with van der Waals surface area (Å²) in [6.45, 7) is 35.9. The van der Waals surface area contributed by atoms with E-state index in [-0.39, 0.29) is 44.7 Å². The first-order chi connectivity index (χ1) is 20.3. The van der Waals surface area contributed by atoms with E-state index < -0.39 is 16.6 Å². The summed E-state index contributed by atoms with van der Waals surface area (Å²) in [6, 6.07) is 0. The molecule has 0 spiro atoms. The SMILES string of the molecule is CC1(C)O[C@@H]2CC/C(=C3\CC[C@@H]4[C@]5(C)CC[C@@H](O[Si](C)(C)C)C(C)(C)O[C@@H]5CC[C@@]34C)C[C@@]2(C)CC[C@@H]1O[Si](C)(C)C(C)(C)C. The Bertz CT molecular complexity index is 1140. The van der Waals surface area contributed by atoms with E-state index >= 15 is 0 Å². The normalized spacial score (nSPS) is 43.9. The van der Waals surface area contributed by atoms with Gasteiger partial charge in [0.15, 0.2) is 16.6 Å². The van der Waals surface area contributed by atoms with Crippen LogP contribution in [0, 0.1) is 22.2 Å². The number of hydrogen-bond donors (Lipinski definition) is 0. The molecule has 0 aromatic rings. The molecule has 0 aromatic heterocycles. The van der Waals surface area contributed by atoms with Gasteiger partial charge in [0.25, 0.3) is 0 Å². The van der Waals surface area contributed by atoms with E-state index in [1.807, 2.05) is 5.57 Å². The number of fused-ring (bicyclic) bond motifs is 4. The molecule has 6 heteroatoms. The summed E-state index contributed by atoms with van der Waals surface area (Å²) in [4.78, 5) is 0. The van der Waals surface area contributed by atoms with Crippen LogP contribution in [0.1, 0.15) is 140 Å². The lowest BCUT2D eigenvalue weighted by Crippen LogP contribution is -2.52. The van der Waals surface area contributed by atoms with Crippen molar-refractivity contribution >= 4 is 16.6 Å². The summed E-state index contributed by atoms with van der Waals surface area (Å²) in [6.07, 6.45) is 14.2. The van der Waals surface area contributed by atoms with E-state index in [0.29, 0.717) is 18.1 Å². The second kappa shape index (κ2) is 11.5. The van der Waals surface area contributed by atoms with Gasteiger partial charge in [0.05, 0.1) is 35.6 Å². The van der Waals surface area contributed by atoms with Gasteiger partial charge in [0, 0.05) is 0 Å². The van der Waals surface area contributed by atoms with Gasteiger partial charge in [-0.2, -0.15) is 0 Å². The first kappa shape index (κ1) is 36.3. The van der Waals surface area contributed by atoms with Crippen LogP contribution in [-0.2, 0) is 18.3 Å². The molecule has 3 aliphatic carbocycles. The lowest BCUT2D eigenvalue weighted by atomic mass is 9.53. The van der Waals surface area contributed by atoms with Gasteiger partial charge in [0.1, 0.15) is 0 Å². The minimum atomic E-state index is -1.90. The summed E-state index contributed by atoms with van der Waals surface area (Å²) in [7, 11) is -3.56. The lowest BCUT2D eigenvalue weighted by Gasteiger charge is -2.54. The molecule has 0 N–H and O–H groups in total. The molecule has 8 atom stereocenters. The fraction of sp³-hybridized carbons (Fsp3) is 0.949. The molecule has 0 unspecified atom stereocenters. The zero-order valence-electron chi connectivity index (χ0n) is 32.3. The standard InChI is InChI=1S/C39H72O4Si2/c1-34(2,3)45(14,15)43-31-20-23-37(8)26-27(16-19-32(37)40-36(31,6)7)28-17-18-29-38(28,9)24-22-33-39(29,10)25-21-30(35(4,5)41-33)42-44(11,12)13/h29-33H,16-26H2,1-15H3/b28-27-/t29-,30+,31-,32+,33+,37+,38-,39-/m0/s1. The number of ether oxygens (including phenoxy) is 2. The van der Waals surface area contributed by atoms with Crippen molar-refractivity contribution in [1.82, 2.24) is 0 Å². The zero-order valence-corrected chi connectivity index (χ0v) is 34.3. The van der Waals surface area contributed by atoms with Gasteiger partial charge >= 0.3 is 0 Å². The topological polar surface area (TPSA) is 36.9 Å². The average molecular weight is 661 g/mol. The predicted octanol–water partition coefficient (Wildman–Crippen LogP) is 11.2. The maximum Gasteiger partial charge on any atom is 0.192 e. The monoisotopic (exact) mass is 660 g/mol. The van der Waals surface area contributed by atoms with Crippen molar-refractivity contribution in [2.75, 3.05) is 0 Å². The van der Waals surface area contributed by atoms with Crippen molar-refractivity contribution in [3.05, 3.63) is 11.1 Å². The molecule has 0 amide bonds. The molecule has 0 radical (unpaired) electrons. The highest BCUT2D eigenvalue weighted by molar-refractivity contribution is 6.74. The van der Waals surface area contributed by atoms with E-state index in [1.165, 1.54) is 51.4 Å². The molecule has 2 heterocycles. The van der Waals surface area contributed by atoms with Crippen LogP contribution in [0.4, 0.5) is 0 Å². The Hall–Kier alpha value is 0.0138. The Morgan fingerprint density at radius 3 is 1.84 bits per heavy atom. The van der Waals surface area contributed by atoms with Crippen molar-refractivity contribution in [3.8, 4) is 0 Å². The Morgan fingerprint density at radius 1 is 0.667 bits per heavy atom. The molecular weight excluding hydrogens is 589 g/mol. The molecule has 5 fully saturated rings. The summed E-state index contributed by atoms with van der Waals surface area (Å²) in [5.41, 5.74) is 3.80. The van der Waals surface area contributed by atoms with Crippen LogP contribution in [0.15, 0.2) is 11.1 Å². The van der Waals surface area contributed by atoms with Gasteiger partial charge in [-0.1, -0.05) is 52.7 Å². The van der Waals surface area contributed by atoms with Gasteiger partial charge in [-0.05, 0) is 158 Å². The molecular formula is C39H72O4Si2. The summed E-state index contributed by atoms with van der Waals surface area (Å²) in [5.74, 6) is 0.685. The number of rotatable bonds is 4. The van der Waals surface area contributed by atoms with E-state index in [1.54, 1.807) is 5.57 Å². The molecule has 2 saturated heterocycles. The average Bonchev–Trinajstić information content (AvgIpc) is 3.15. The Kier molecular flexibility index (Phi) is 9.31. The largest absolute Gasteiger partial charge is 0.412 e. The van der Waals surface area contributed by atoms with Gasteiger partial charge in [-0.25, -0.2) is 0 Å². The van der Waals surface area contributed by atoms with Crippen LogP contribution in [0.5, 0.6) is 0 Å². The van der Waals surface area contributed by atoms with E-state index in [2.05, 4.69) is 102 Å². The Balaban J connectivity index is 1.38. The summed E-state index contributed by atoms with van der Waals surface area (Å²) < 4.78 is 28.2. The van der Waals surface area contributed by atoms with Crippen LogP contribution >= 0.6 is 0 Å². The highest BCUT2D eigenvalue weighted by Gasteiger charge is 2.61. The zero-order chi connectivity index (χ0) is 33.6. The van der Waals surface area contributed by atoms with Crippen molar-refractivity contribution in [1.29, 1.82) is 0 Å². The molecule has 0 bridgehead atoms. The quantitative estimate of drug-likeness (QED) is 0.222. The van der Waals surface area contributed by atoms with Crippen LogP contribution in [0.25, 0.3) is 0 Å². The van der Waals surface area contributed by atoms with E-state index in [9.17, 15) is 0 Å². The second-order valence-corrected chi connectivity index (χ2v) is 29.8. The van der Waals surface area contributed by atoms with Crippen molar-refractivity contribution in [2.45, 2.75) is 213 Å². The lowest BCUT2D eigenvalue weighted by molar-refractivity contribution is -0.178. The minimum absolute atomic E-state index is 0.161. The number of hydrogen-bond acceptors (Lipinski definition) is 4. The Morgan fingerprint density at radius 2 is 1.24 bits per heavy atom. The molecule has 45 heavy (non-hydrogen) atoms. The van der Waals surface area contributed by atoms with Crippen molar-refractivity contribution in [3.63, 3.8) is 0 Å². The first-order valence-electron chi connectivity index (χ1n) is 18.8. The number of allylic oxidation sites excluding steroid dienone is 2. The van der Waals surface area contributed by atoms with E-state index in [0.717, 1.165) is 19.3 Å². The smallest absolute Gasteiger partial charge is 0.192 e. The highest BCUT2D eigenvalue weighted by Crippen LogP contribution is 2.66.